The number of rotatable bonds is 9. The molecule has 2 saturated carbocycles. The fourth-order valence-corrected chi connectivity index (χ4v) is 4.92. The predicted octanol–water partition coefficient (Wildman–Crippen LogP) is 4.34. The normalized spacial score (nSPS) is 22.5. The summed E-state index contributed by atoms with van der Waals surface area (Å²) in [7, 11) is 1.89. The number of hydrogen-bond acceptors (Lipinski definition) is 7. The predicted molar refractivity (Wildman–Crippen MR) is 122 cm³/mol. The van der Waals surface area contributed by atoms with Crippen LogP contribution in [0.5, 0.6) is 5.75 Å². The Morgan fingerprint density at radius 3 is 2.61 bits per heavy atom. The Morgan fingerprint density at radius 1 is 1.18 bits per heavy atom. The van der Waals surface area contributed by atoms with Crippen LogP contribution in [0.4, 0.5) is 0 Å². The van der Waals surface area contributed by atoms with Crippen LogP contribution in [0.1, 0.15) is 62.7 Å². The average molecular weight is 459 g/mol. The third kappa shape index (κ3) is 5.75. The molecule has 1 aromatic heterocycles. The molecule has 180 valence electrons. The average Bonchev–Trinajstić information content (AvgIpc) is 3.48. The minimum Gasteiger partial charge on any atom is -0.490 e. The highest BCUT2D eigenvalue weighted by Crippen LogP contribution is 2.31. The zero-order valence-electron chi connectivity index (χ0n) is 19.4. The summed E-state index contributed by atoms with van der Waals surface area (Å²) in [6, 6.07) is 7.92. The maximum Gasteiger partial charge on any atom is 0.306 e. The van der Waals surface area contributed by atoms with E-state index in [2.05, 4.69) is 5.16 Å². The van der Waals surface area contributed by atoms with E-state index >= 15 is 0 Å². The minimum absolute atomic E-state index is 0.0812. The molecule has 8 heteroatoms. The van der Waals surface area contributed by atoms with Crippen LogP contribution in [0.15, 0.2) is 28.8 Å². The molecule has 1 aromatic carbocycles. The summed E-state index contributed by atoms with van der Waals surface area (Å²) < 4.78 is 17.2. The van der Waals surface area contributed by atoms with E-state index in [1.54, 1.807) is 0 Å². The first-order valence-corrected chi connectivity index (χ1v) is 11.9. The van der Waals surface area contributed by atoms with Crippen LogP contribution >= 0.6 is 0 Å². The third-order valence-corrected chi connectivity index (χ3v) is 7.02. The summed E-state index contributed by atoms with van der Waals surface area (Å²) in [6.45, 7) is 2.03. The van der Waals surface area contributed by atoms with Crippen LogP contribution in [-0.2, 0) is 16.1 Å². The molecule has 8 nitrogen and oxygen atoms in total. The quantitative estimate of drug-likeness (QED) is 0.535. The van der Waals surface area contributed by atoms with Crippen LogP contribution in [0.25, 0.3) is 11.3 Å². The number of carbonyl (C=O) groups is 1. The number of aryl methyl sites for hydroxylation is 1. The number of aliphatic hydroxyl groups is 1. The second-order valence-electron chi connectivity index (χ2n) is 9.27. The maximum absolute atomic E-state index is 11.3. The van der Waals surface area contributed by atoms with E-state index in [4.69, 9.17) is 14.0 Å². The molecule has 0 saturated heterocycles. The molecule has 2 aliphatic carbocycles. The fraction of sp³-hybridized carbons (Fsp3) is 0.600. The molecule has 4 rings (SSSR count). The van der Waals surface area contributed by atoms with Gasteiger partial charge in [0.25, 0.3) is 0 Å². The second-order valence-corrected chi connectivity index (χ2v) is 9.27. The van der Waals surface area contributed by atoms with Gasteiger partial charge < -0.3 is 24.2 Å². The highest BCUT2D eigenvalue weighted by Gasteiger charge is 2.28. The van der Waals surface area contributed by atoms with Gasteiger partial charge in [-0.1, -0.05) is 18.0 Å². The topological polar surface area (TPSA) is 105 Å². The van der Waals surface area contributed by atoms with E-state index in [-0.39, 0.29) is 18.6 Å². The number of ether oxygens (including phenoxy) is 2. The number of aromatic nitrogens is 1. The van der Waals surface area contributed by atoms with Crippen molar-refractivity contribution in [3.8, 4) is 17.0 Å². The molecule has 0 aliphatic heterocycles. The third-order valence-electron chi connectivity index (χ3n) is 7.02. The van der Waals surface area contributed by atoms with Crippen molar-refractivity contribution in [2.75, 3.05) is 7.05 Å². The molecule has 0 spiro atoms. The van der Waals surface area contributed by atoms with Crippen molar-refractivity contribution in [3.63, 3.8) is 0 Å². The Balaban J connectivity index is 1.38. The Labute approximate surface area is 194 Å². The minimum atomic E-state index is -0.976. The number of nitrogens with zero attached hydrogens (tertiary/aromatic N) is 2. The molecule has 2 fully saturated rings. The van der Waals surface area contributed by atoms with E-state index in [9.17, 15) is 15.0 Å². The smallest absolute Gasteiger partial charge is 0.306 e. The molecule has 33 heavy (non-hydrogen) atoms. The molecule has 1 unspecified atom stereocenters. The number of aliphatic carboxylic acids is 1. The molecule has 3 atom stereocenters. The second kappa shape index (κ2) is 10.7. The van der Waals surface area contributed by atoms with Gasteiger partial charge in [-0.3, -0.25) is 9.69 Å². The van der Waals surface area contributed by atoms with Crippen molar-refractivity contribution in [1.29, 1.82) is 0 Å². The first-order chi connectivity index (χ1) is 15.9. The lowest BCUT2D eigenvalue weighted by molar-refractivity contribution is -0.202. The summed E-state index contributed by atoms with van der Waals surface area (Å²) in [5.41, 5.74) is 2.35. The summed E-state index contributed by atoms with van der Waals surface area (Å²) in [5, 5.41) is 24.0. The molecule has 2 aromatic rings. The van der Waals surface area contributed by atoms with E-state index in [1.807, 2.05) is 43.1 Å². The largest absolute Gasteiger partial charge is 0.490 e. The van der Waals surface area contributed by atoms with Crippen LogP contribution in [0.3, 0.4) is 0 Å². The van der Waals surface area contributed by atoms with Gasteiger partial charge in [-0.05, 0) is 76.8 Å². The fourth-order valence-electron chi connectivity index (χ4n) is 4.92. The zero-order chi connectivity index (χ0) is 23.4. The van der Waals surface area contributed by atoms with Gasteiger partial charge in [0.15, 0.2) is 0 Å². The van der Waals surface area contributed by atoms with Crippen molar-refractivity contribution >= 4 is 5.97 Å². The number of benzene rings is 1. The summed E-state index contributed by atoms with van der Waals surface area (Å²) in [6.07, 6.45) is 6.49. The highest BCUT2D eigenvalue weighted by molar-refractivity contribution is 5.70. The summed E-state index contributed by atoms with van der Waals surface area (Å²) >= 11 is 0. The van der Waals surface area contributed by atoms with Crippen molar-refractivity contribution in [2.24, 2.45) is 5.92 Å². The van der Waals surface area contributed by atoms with Gasteiger partial charge in [0.2, 0.25) is 6.41 Å². The van der Waals surface area contributed by atoms with Gasteiger partial charge in [0.1, 0.15) is 17.2 Å². The number of hydrogen-bond donors (Lipinski definition) is 2. The Bertz CT molecular complexity index is 921. The van der Waals surface area contributed by atoms with E-state index in [0.29, 0.717) is 29.7 Å². The van der Waals surface area contributed by atoms with Gasteiger partial charge in [-0.25, -0.2) is 0 Å². The van der Waals surface area contributed by atoms with Crippen molar-refractivity contribution in [2.45, 2.75) is 83.5 Å². The van der Waals surface area contributed by atoms with E-state index in [0.717, 1.165) is 43.2 Å². The highest BCUT2D eigenvalue weighted by atomic mass is 16.6. The Kier molecular flexibility index (Phi) is 7.67. The van der Waals surface area contributed by atoms with Crippen molar-refractivity contribution in [1.82, 2.24) is 10.1 Å². The van der Waals surface area contributed by atoms with E-state index in [1.165, 1.54) is 12.8 Å². The molecular weight excluding hydrogens is 424 g/mol. The van der Waals surface area contributed by atoms with Crippen LogP contribution < -0.4 is 4.74 Å². The molecule has 0 radical (unpaired) electrons. The summed E-state index contributed by atoms with van der Waals surface area (Å²) in [5.74, 6) is 0.297. The Morgan fingerprint density at radius 2 is 1.91 bits per heavy atom. The first kappa shape index (κ1) is 23.7. The first-order valence-electron chi connectivity index (χ1n) is 11.9. The lowest BCUT2D eigenvalue weighted by atomic mass is 9.87. The van der Waals surface area contributed by atoms with Crippen molar-refractivity contribution < 1.29 is 29.0 Å². The lowest BCUT2D eigenvalue weighted by Gasteiger charge is -2.28. The number of carboxylic acid groups (broad SMARTS) is 1. The number of aliphatic hydroxyl groups excluding tert-OH is 1. The molecular formula is C25H34N2O6. The monoisotopic (exact) mass is 458 g/mol. The van der Waals surface area contributed by atoms with Crippen molar-refractivity contribution in [3.05, 3.63) is 35.6 Å². The summed E-state index contributed by atoms with van der Waals surface area (Å²) in [4.78, 5) is 13.2. The zero-order valence-corrected chi connectivity index (χ0v) is 19.4. The maximum atomic E-state index is 11.3. The van der Waals surface area contributed by atoms with Gasteiger partial charge in [0, 0.05) is 17.2 Å². The van der Waals surface area contributed by atoms with Gasteiger partial charge in [-0.15, -0.1) is 0 Å². The number of carboxylic acids is 1. The van der Waals surface area contributed by atoms with Crippen LogP contribution in [-0.4, -0.2) is 51.8 Å². The molecule has 0 bridgehead atoms. The van der Waals surface area contributed by atoms with Crippen LogP contribution in [0, 0.1) is 12.8 Å². The van der Waals surface area contributed by atoms with Gasteiger partial charge in [-0.2, -0.15) is 0 Å². The van der Waals surface area contributed by atoms with Crippen LogP contribution in [0.2, 0.25) is 0 Å². The molecule has 2 N–H and O–H groups in total. The van der Waals surface area contributed by atoms with E-state index < -0.39 is 12.4 Å². The Hall–Kier alpha value is -2.42. The standard InChI is InChI=1S/C25H34N2O6/c1-16-22(15-31-25(30)27(2)19-7-3-4-8-19)23(26-33-16)17-10-12-20(13-11-17)32-21-9-5-6-18(14-21)24(28)29/h10-13,18-19,21,25,30H,3-9,14-15H2,1-2H3,(H,28,29)/t18-,21-,25?/m0/s1. The molecule has 0 amide bonds. The molecule has 1 heterocycles. The van der Waals surface area contributed by atoms with Gasteiger partial charge in [0.05, 0.1) is 18.6 Å². The molecule has 2 aliphatic rings. The van der Waals surface area contributed by atoms with Gasteiger partial charge >= 0.3 is 5.97 Å². The lowest BCUT2D eigenvalue weighted by Crippen LogP contribution is -2.40. The SMILES string of the molecule is Cc1onc(-c2ccc(O[C@H]3CCC[C@H](C(=O)O)C3)cc2)c1COC(O)N(C)C1CCCC1.